The number of rotatable bonds is 5. The number of nitrogens with one attached hydrogen (secondary N) is 2. The van der Waals surface area contributed by atoms with E-state index in [0.29, 0.717) is 5.69 Å². The second-order valence-corrected chi connectivity index (χ2v) is 7.80. The Balaban J connectivity index is 1.77. The van der Waals surface area contributed by atoms with Gasteiger partial charge in [-0.15, -0.1) is 0 Å². The third kappa shape index (κ3) is 3.53. The van der Waals surface area contributed by atoms with Crippen LogP contribution in [-0.2, 0) is 0 Å². The molecule has 2 aromatic heterocycles. The van der Waals surface area contributed by atoms with E-state index in [9.17, 15) is 0 Å². The van der Waals surface area contributed by atoms with Gasteiger partial charge in [-0.2, -0.15) is 5.10 Å². The molecule has 1 fully saturated rings. The first-order valence-corrected chi connectivity index (χ1v) is 9.50. The van der Waals surface area contributed by atoms with Gasteiger partial charge in [-0.25, -0.2) is 9.97 Å². The lowest BCUT2D eigenvalue weighted by Crippen LogP contribution is -2.48. The number of hydrogen-bond donors (Lipinski definition) is 4. The summed E-state index contributed by atoms with van der Waals surface area (Å²) in [6.07, 6.45) is 4.75. The summed E-state index contributed by atoms with van der Waals surface area (Å²) < 4.78 is 0. The highest BCUT2D eigenvalue weighted by Crippen LogP contribution is 2.36. The number of aromatic amines is 1. The molecule has 1 atom stereocenters. The van der Waals surface area contributed by atoms with Gasteiger partial charge in [0, 0.05) is 30.4 Å². The number of nitrogens with zero attached hydrogens (tertiary/aromatic N) is 4. The summed E-state index contributed by atoms with van der Waals surface area (Å²) in [4.78, 5) is 11.2. The molecule has 0 amide bonds. The number of nitrogen functional groups attached to an aromatic ring is 1. The number of aryl methyl sites for hydroxylation is 2. The van der Waals surface area contributed by atoms with Gasteiger partial charge in [0.1, 0.15) is 11.5 Å². The molecule has 146 valence electrons. The monoisotopic (exact) mass is 370 g/mol. The van der Waals surface area contributed by atoms with E-state index in [-0.39, 0.29) is 23.0 Å². The van der Waals surface area contributed by atoms with Gasteiger partial charge in [0.05, 0.1) is 17.6 Å². The SMILES string of the molecule is CC[C@@H](N)C1(C)CCN(c2cnc(C(=N)c3c(C)n[nH]c3C)c(N)n2)CC1. The summed E-state index contributed by atoms with van der Waals surface area (Å²) in [5, 5.41) is 15.5. The number of hydrogen-bond acceptors (Lipinski definition) is 7. The molecule has 0 radical (unpaired) electrons. The van der Waals surface area contributed by atoms with E-state index in [1.54, 1.807) is 6.20 Å². The second kappa shape index (κ2) is 7.26. The lowest BCUT2D eigenvalue weighted by Gasteiger charge is -2.43. The highest BCUT2D eigenvalue weighted by atomic mass is 15.2. The van der Waals surface area contributed by atoms with Crippen molar-refractivity contribution in [1.29, 1.82) is 5.41 Å². The molecule has 0 aromatic carbocycles. The maximum atomic E-state index is 8.48. The fraction of sp³-hybridized carbons (Fsp3) is 0.579. The number of aromatic nitrogens is 4. The van der Waals surface area contributed by atoms with E-state index in [2.05, 4.69) is 38.9 Å². The third-order valence-corrected chi connectivity index (χ3v) is 5.97. The zero-order valence-corrected chi connectivity index (χ0v) is 16.6. The third-order valence-electron chi connectivity index (χ3n) is 5.97. The molecule has 3 rings (SSSR count). The van der Waals surface area contributed by atoms with Crippen molar-refractivity contribution in [2.45, 2.75) is 53.0 Å². The topological polar surface area (TPSA) is 134 Å². The van der Waals surface area contributed by atoms with E-state index in [1.807, 2.05) is 13.8 Å². The van der Waals surface area contributed by atoms with Crippen molar-refractivity contribution in [3.05, 3.63) is 28.8 Å². The van der Waals surface area contributed by atoms with E-state index >= 15 is 0 Å². The van der Waals surface area contributed by atoms with Crippen LogP contribution in [0, 0.1) is 24.7 Å². The number of H-pyrrole nitrogens is 1. The molecule has 6 N–H and O–H groups in total. The van der Waals surface area contributed by atoms with Crippen LogP contribution in [0.3, 0.4) is 0 Å². The Morgan fingerprint density at radius 3 is 2.56 bits per heavy atom. The number of nitrogens with two attached hydrogens (primary N) is 2. The molecule has 3 heterocycles. The van der Waals surface area contributed by atoms with Crippen LogP contribution < -0.4 is 16.4 Å². The molecule has 27 heavy (non-hydrogen) atoms. The Morgan fingerprint density at radius 2 is 2.04 bits per heavy atom. The van der Waals surface area contributed by atoms with Crippen molar-refractivity contribution < 1.29 is 0 Å². The Kier molecular flexibility index (Phi) is 5.19. The first-order valence-electron chi connectivity index (χ1n) is 9.50. The summed E-state index contributed by atoms with van der Waals surface area (Å²) in [6.45, 7) is 9.93. The zero-order chi connectivity index (χ0) is 19.8. The Bertz CT molecular complexity index is 813. The van der Waals surface area contributed by atoms with Gasteiger partial charge in [0.2, 0.25) is 0 Å². The van der Waals surface area contributed by atoms with Crippen LogP contribution in [-0.4, -0.2) is 45.0 Å². The maximum Gasteiger partial charge on any atom is 0.154 e. The summed E-state index contributed by atoms with van der Waals surface area (Å²) >= 11 is 0. The minimum atomic E-state index is 0.169. The Hall–Kier alpha value is -2.48. The number of piperidine rings is 1. The van der Waals surface area contributed by atoms with E-state index in [0.717, 1.165) is 55.1 Å². The van der Waals surface area contributed by atoms with Crippen LogP contribution in [0.4, 0.5) is 11.6 Å². The van der Waals surface area contributed by atoms with Crippen molar-refractivity contribution in [3.63, 3.8) is 0 Å². The van der Waals surface area contributed by atoms with Crippen molar-refractivity contribution in [3.8, 4) is 0 Å². The molecule has 1 aliphatic rings. The highest BCUT2D eigenvalue weighted by molar-refractivity contribution is 6.13. The molecular formula is C19H30N8. The molecule has 0 aliphatic carbocycles. The van der Waals surface area contributed by atoms with Crippen LogP contribution in [0.1, 0.15) is 55.8 Å². The predicted molar refractivity (Wildman–Crippen MR) is 108 cm³/mol. The minimum Gasteiger partial charge on any atom is -0.382 e. The van der Waals surface area contributed by atoms with Gasteiger partial charge in [-0.05, 0) is 38.5 Å². The quantitative estimate of drug-likeness (QED) is 0.596. The van der Waals surface area contributed by atoms with Crippen molar-refractivity contribution in [2.24, 2.45) is 11.1 Å². The first-order chi connectivity index (χ1) is 12.8. The lowest BCUT2D eigenvalue weighted by atomic mass is 9.73. The first kappa shape index (κ1) is 19.3. The largest absolute Gasteiger partial charge is 0.382 e. The molecule has 0 saturated carbocycles. The van der Waals surface area contributed by atoms with Crippen LogP contribution >= 0.6 is 0 Å². The van der Waals surface area contributed by atoms with E-state index < -0.39 is 0 Å². The Morgan fingerprint density at radius 1 is 1.37 bits per heavy atom. The summed E-state index contributed by atoms with van der Waals surface area (Å²) in [7, 11) is 0. The molecule has 8 heteroatoms. The molecule has 8 nitrogen and oxygen atoms in total. The van der Waals surface area contributed by atoms with Crippen LogP contribution in [0.2, 0.25) is 0 Å². The molecule has 1 aliphatic heterocycles. The number of anilines is 2. The van der Waals surface area contributed by atoms with Crippen LogP contribution in [0.25, 0.3) is 0 Å². The molecule has 0 unspecified atom stereocenters. The van der Waals surface area contributed by atoms with Gasteiger partial charge >= 0.3 is 0 Å². The van der Waals surface area contributed by atoms with Gasteiger partial charge in [-0.1, -0.05) is 13.8 Å². The molecule has 1 saturated heterocycles. The fourth-order valence-electron chi connectivity index (χ4n) is 3.89. The lowest BCUT2D eigenvalue weighted by molar-refractivity contribution is 0.190. The summed E-state index contributed by atoms with van der Waals surface area (Å²) in [5.41, 5.74) is 15.6. The average Bonchev–Trinajstić information content (AvgIpc) is 2.99. The summed E-state index contributed by atoms with van der Waals surface area (Å²) in [6, 6.07) is 0.222. The van der Waals surface area contributed by atoms with Crippen LogP contribution in [0.5, 0.6) is 0 Å². The minimum absolute atomic E-state index is 0.169. The van der Waals surface area contributed by atoms with Crippen molar-refractivity contribution in [1.82, 2.24) is 20.2 Å². The predicted octanol–water partition coefficient (Wildman–Crippen LogP) is 2.16. The van der Waals surface area contributed by atoms with Gasteiger partial charge in [0.15, 0.2) is 5.82 Å². The van der Waals surface area contributed by atoms with Crippen molar-refractivity contribution >= 4 is 17.3 Å². The fourth-order valence-corrected chi connectivity index (χ4v) is 3.89. The average molecular weight is 371 g/mol. The smallest absolute Gasteiger partial charge is 0.154 e. The second-order valence-electron chi connectivity index (χ2n) is 7.80. The normalized spacial score (nSPS) is 17.7. The molecule has 2 aromatic rings. The molecule has 0 bridgehead atoms. The Labute approximate surface area is 160 Å². The molecular weight excluding hydrogens is 340 g/mol. The summed E-state index contributed by atoms with van der Waals surface area (Å²) in [5.74, 6) is 1.04. The van der Waals surface area contributed by atoms with Gasteiger partial charge < -0.3 is 16.4 Å². The molecule has 0 spiro atoms. The maximum absolute atomic E-state index is 8.48. The van der Waals surface area contributed by atoms with Gasteiger partial charge in [0.25, 0.3) is 0 Å². The standard InChI is InChI=1S/C19H30N8/c1-5-13(20)19(4)6-8-27(9-7-19)14-10-23-17(18(22)24-14)16(21)15-11(2)25-26-12(15)3/h10,13,21H,5-9,20H2,1-4H3,(H2,22,24)(H,25,26)/t13-/m1/s1. The van der Waals surface area contributed by atoms with Gasteiger partial charge in [-0.3, -0.25) is 10.5 Å². The van der Waals surface area contributed by atoms with Crippen molar-refractivity contribution in [2.75, 3.05) is 23.7 Å². The zero-order valence-electron chi connectivity index (χ0n) is 16.6. The van der Waals surface area contributed by atoms with Crippen LogP contribution in [0.15, 0.2) is 6.20 Å². The highest BCUT2D eigenvalue weighted by Gasteiger charge is 2.35. The van der Waals surface area contributed by atoms with E-state index in [4.69, 9.17) is 16.9 Å². The van der Waals surface area contributed by atoms with E-state index in [1.165, 1.54) is 0 Å².